The minimum atomic E-state index is -3.59. The van der Waals surface area contributed by atoms with E-state index in [1.165, 1.54) is 27.8 Å². The molecule has 7 nitrogen and oxygen atoms in total. The van der Waals surface area contributed by atoms with E-state index in [0.29, 0.717) is 39.1 Å². The number of halogens is 1. The Balaban J connectivity index is 1.23. The van der Waals surface area contributed by atoms with Crippen molar-refractivity contribution < 1.29 is 17.6 Å². The second kappa shape index (κ2) is 8.85. The number of hydrogen-bond acceptors (Lipinski definition) is 6. The average molecular weight is 487 g/mol. The summed E-state index contributed by atoms with van der Waals surface area (Å²) >= 11 is 1.50. The third kappa shape index (κ3) is 4.50. The van der Waals surface area contributed by atoms with Crippen LogP contribution in [0.4, 0.5) is 9.52 Å². The third-order valence-corrected chi connectivity index (χ3v) is 8.92. The summed E-state index contributed by atoms with van der Waals surface area (Å²) in [5.74, 6) is -0.165. The highest BCUT2D eigenvalue weighted by atomic mass is 32.2. The molecule has 172 valence electrons. The number of piperazine rings is 1. The van der Waals surface area contributed by atoms with E-state index in [1.807, 2.05) is 5.38 Å². The molecule has 2 aliphatic heterocycles. The molecule has 2 aromatic carbocycles. The van der Waals surface area contributed by atoms with Crippen molar-refractivity contribution in [3.8, 4) is 11.3 Å². The van der Waals surface area contributed by atoms with Crippen molar-refractivity contribution in [3.63, 3.8) is 0 Å². The smallest absolute Gasteiger partial charge is 0.243 e. The van der Waals surface area contributed by atoms with Crippen LogP contribution in [0.1, 0.15) is 17.9 Å². The van der Waals surface area contributed by atoms with Gasteiger partial charge >= 0.3 is 0 Å². The third-order valence-electron chi connectivity index (χ3n) is 6.11. The van der Waals surface area contributed by atoms with Crippen molar-refractivity contribution in [2.45, 2.75) is 17.2 Å². The van der Waals surface area contributed by atoms with E-state index in [4.69, 9.17) is 0 Å². The Bertz CT molecular complexity index is 1250. The molecular weight excluding hydrogens is 463 g/mol. The molecule has 5 rings (SSSR count). The van der Waals surface area contributed by atoms with E-state index in [-0.39, 0.29) is 22.5 Å². The standard InChI is InChI=1S/C23H23FN4O3S2/c24-19-5-1-17(2-6-19)21-15-32-23(26-21)27-9-11-28(12-10-27)33(30,31)20-7-3-16(4-8-20)18-13-22(29)25-14-18/h1-8,15,18H,9-14H2,(H,25,29)/t18-/m0/s1. The predicted octanol–water partition coefficient (Wildman–Crippen LogP) is 3.06. The Morgan fingerprint density at radius 3 is 2.33 bits per heavy atom. The topological polar surface area (TPSA) is 82.6 Å². The number of nitrogens with zero attached hydrogens (tertiary/aromatic N) is 3. The summed E-state index contributed by atoms with van der Waals surface area (Å²) in [6.45, 7) is 2.42. The van der Waals surface area contributed by atoms with Crippen LogP contribution in [0.25, 0.3) is 11.3 Å². The van der Waals surface area contributed by atoms with Gasteiger partial charge in [0.15, 0.2) is 5.13 Å². The van der Waals surface area contributed by atoms with Crippen LogP contribution in [-0.2, 0) is 14.8 Å². The highest BCUT2D eigenvalue weighted by Gasteiger charge is 2.30. The summed E-state index contributed by atoms with van der Waals surface area (Å²) in [4.78, 5) is 18.4. The maximum absolute atomic E-state index is 13.2. The van der Waals surface area contributed by atoms with Crippen LogP contribution in [-0.4, -0.2) is 56.3 Å². The van der Waals surface area contributed by atoms with E-state index in [2.05, 4.69) is 15.2 Å². The number of carbonyl (C=O) groups is 1. The minimum absolute atomic E-state index is 0.0274. The average Bonchev–Trinajstić information content (AvgIpc) is 3.49. The number of sulfonamides is 1. The second-order valence-corrected chi connectivity index (χ2v) is 11.0. The molecule has 0 bridgehead atoms. The number of carbonyl (C=O) groups excluding carboxylic acids is 1. The van der Waals surface area contributed by atoms with E-state index >= 15 is 0 Å². The Labute approximate surface area is 195 Å². The molecule has 2 aliphatic rings. The first-order valence-electron chi connectivity index (χ1n) is 10.7. The molecule has 2 fully saturated rings. The van der Waals surface area contributed by atoms with Gasteiger partial charge in [-0.05, 0) is 42.0 Å². The Hall–Kier alpha value is -2.82. The van der Waals surface area contributed by atoms with Crippen LogP contribution in [0.5, 0.6) is 0 Å². The van der Waals surface area contributed by atoms with Crippen molar-refractivity contribution in [1.29, 1.82) is 0 Å². The van der Waals surface area contributed by atoms with Gasteiger partial charge in [0.2, 0.25) is 15.9 Å². The van der Waals surface area contributed by atoms with Gasteiger partial charge in [0.25, 0.3) is 0 Å². The lowest BCUT2D eigenvalue weighted by molar-refractivity contribution is -0.119. The molecule has 2 saturated heterocycles. The SMILES string of the molecule is O=C1C[C@H](c2ccc(S(=O)(=O)N3CCN(c4nc(-c5ccc(F)cc5)cs4)CC3)cc2)CN1. The van der Waals surface area contributed by atoms with Crippen LogP contribution in [0.3, 0.4) is 0 Å². The van der Waals surface area contributed by atoms with Gasteiger partial charge in [-0.1, -0.05) is 12.1 Å². The summed E-state index contributed by atoms with van der Waals surface area (Å²) in [6.07, 6.45) is 0.438. The van der Waals surface area contributed by atoms with E-state index < -0.39 is 10.0 Å². The molecule has 3 aromatic rings. The number of amides is 1. The van der Waals surface area contributed by atoms with Gasteiger partial charge in [-0.25, -0.2) is 17.8 Å². The molecule has 33 heavy (non-hydrogen) atoms. The van der Waals surface area contributed by atoms with Crippen LogP contribution < -0.4 is 10.2 Å². The van der Waals surface area contributed by atoms with Gasteiger partial charge in [-0.3, -0.25) is 4.79 Å². The lowest BCUT2D eigenvalue weighted by Crippen LogP contribution is -2.48. The number of anilines is 1. The van der Waals surface area contributed by atoms with Crippen molar-refractivity contribution in [2.75, 3.05) is 37.6 Å². The second-order valence-electron chi connectivity index (χ2n) is 8.19. The fraction of sp³-hybridized carbons (Fsp3) is 0.304. The summed E-state index contributed by atoms with van der Waals surface area (Å²) in [6, 6.07) is 13.1. The number of aromatic nitrogens is 1. The molecule has 0 spiro atoms. The van der Waals surface area contributed by atoms with E-state index in [1.54, 1.807) is 36.4 Å². The zero-order valence-electron chi connectivity index (χ0n) is 17.8. The van der Waals surface area contributed by atoms with Crippen LogP contribution in [0.15, 0.2) is 58.8 Å². The highest BCUT2D eigenvalue weighted by Crippen LogP contribution is 2.30. The van der Waals surface area contributed by atoms with Gasteiger partial charge in [0, 0.05) is 56.0 Å². The maximum Gasteiger partial charge on any atom is 0.243 e. The largest absolute Gasteiger partial charge is 0.355 e. The molecule has 0 aliphatic carbocycles. The number of benzene rings is 2. The molecule has 0 unspecified atom stereocenters. The van der Waals surface area contributed by atoms with Crippen LogP contribution in [0, 0.1) is 5.82 Å². The van der Waals surface area contributed by atoms with Gasteiger partial charge in [0.1, 0.15) is 5.82 Å². The Morgan fingerprint density at radius 1 is 1.00 bits per heavy atom. The van der Waals surface area contributed by atoms with E-state index in [0.717, 1.165) is 22.0 Å². The molecule has 1 aromatic heterocycles. The summed E-state index contributed by atoms with van der Waals surface area (Å²) in [5.41, 5.74) is 2.60. The number of hydrogen-bond donors (Lipinski definition) is 1. The van der Waals surface area contributed by atoms with Crippen molar-refractivity contribution in [1.82, 2.24) is 14.6 Å². The molecule has 3 heterocycles. The van der Waals surface area contributed by atoms with Gasteiger partial charge in [-0.2, -0.15) is 4.31 Å². The lowest BCUT2D eigenvalue weighted by atomic mass is 9.99. The fourth-order valence-corrected chi connectivity index (χ4v) is 6.50. The van der Waals surface area contributed by atoms with Crippen molar-refractivity contribution in [2.24, 2.45) is 0 Å². The number of thiazole rings is 1. The zero-order chi connectivity index (χ0) is 23.0. The minimum Gasteiger partial charge on any atom is -0.355 e. The quantitative estimate of drug-likeness (QED) is 0.600. The molecule has 1 amide bonds. The van der Waals surface area contributed by atoms with Crippen molar-refractivity contribution in [3.05, 3.63) is 65.3 Å². The normalized spacial score (nSPS) is 19.6. The maximum atomic E-state index is 13.2. The zero-order valence-corrected chi connectivity index (χ0v) is 19.4. The highest BCUT2D eigenvalue weighted by molar-refractivity contribution is 7.89. The van der Waals surface area contributed by atoms with Crippen LogP contribution in [0.2, 0.25) is 0 Å². The van der Waals surface area contributed by atoms with Gasteiger partial charge in [-0.15, -0.1) is 11.3 Å². The van der Waals surface area contributed by atoms with Crippen LogP contribution >= 0.6 is 11.3 Å². The molecule has 1 N–H and O–H groups in total. The predicted molar refractivity (Wildman–Crippen MR) is 125 cm³/mol. The molecular formula is C23H23FN4O3S2. The summed E-state index contributed by atoms with van der Waals surface area (Å²) in [7, 11) is -3.59. The number of nitrogens with one attached hydrogen (secondary N) is 1. The molecule has 1 atom stereocenters. The van der Waals surface area contributed by atoms with Gasteiger partial charge in [0.05, 0.1) is 10.6 Å². The fourth-order valence-electron chi connectivity index (χ4n) is 4.18. The molecule has 10 heteroatoms. The first kappa shape index (κ1) is 22.0. The number of rotatable bonds is 5. The summed E-state index contributed by atoms with van der Waals surface area (Å²) in [5, 5.41) is 5.57. The monoisotopic (exact) mass is 486 g/mol. The van der Waals surface area contributed by atoms with Gasteiger partial charge < -0.3 is 10.2 Å². The first-order valence-corrected chi connectivity index (χ1v) is 13.1. The Kier molecular flexibility index (Phi) is 5.90. The lowest BCUT2D eigenvalue weighted by Gasteiger charge is -2.33. The van der Waals surface area contributed by atoms with E-state index in [9.17, 15) is 17.6 Å². The molecule has 0 radical (unpaired) electrons. The summed E-state index contributed by atoms with van der Waals surface area (Å²) < 4.78 is 40.9. The molecule has 0 saturated carbocycles. The Morgan fingerprint density at radius 2 is 1.70 bits per heavy atom. The van der Waals surface area contributed by atoms with Crippen molar-refractivity contribution >= 4 is 32.4 Å². The first-order chi connectivity index (χ1) is 15.9.